The smallest absolute Gasteiger partial charge is 0.221 e. The SMILES string of the molecule is COCCOCc1cccc(Cn2cc(-c3cc(-c4cccc(C#N)c4OC)nc(N)n3)nn2)n1. The number of ether oxygens (including phenoxy) is 3. The highest BCUT2D eigenvalue weighted by Gasteiger charge is 2.16. The first-order valence-electron chi connectivity index (χ1n) is 10.7. The third-order valence-corrected chi connectivity index (χ3v) is 5.03. The van der Waals surface area contributed by atoms with Crippen LogP contribution in [0.1, 0.15) is 17.0 Å². The summed E-state index contributed by atoms with van der Waals surface area (Å²) in [4.78, 5) is 13.3. The van der Waals surface area contributed by atoms with E-state index in [4.69, 9.17) is 19.9 Å². The van der Waals surface area contributed by atoms with Gasteiger partial charge in [0.2, 0.25) is 5.95 Å². The van der Waals surface area contributed by atoms with Crippen LogP contribution in [0.5, 0.6) is 5.75 Å². The number of benzene rings is 1. The van der Waals surface area contributed by atoms with Crippen molar-refractivity contribution < 1.29 is 14.2 Å². The second-order valence-corrected chi connectivity index (χ2v) is 7.46. The number of rotatable bonds is 10. The lowest BCUT2D eigenvalue weighted by Crippen LogP contribution is -2.06. The molecule has 2 N–H and O–H groups in total. The average Bonchev–Trinajstić information content (AvgIpc) is 3.34. The summed E-state index contributed by atoms with van der Waals surface area (Å²) in [6.45, 7) is 1.86. The summed E-state index contributed by atoms with van der Waals surface area (Å²) in [6, 6.07) is 14.8. The Kier molecular flexibility index (Phi) is 7.57. The van der Waals surface area contributed by atoms with Crippen LogP contribution in [0.25, 0.3) is 22.6 Å². The van der Waals surface area contributed by atoms with E-state index < -0.39 is 0 Å². The van der Waals surface area contributed by atoms with Crippen molar-refractivity contribution >= 4 is 5.95 Å². The summed E-state index contributed by atoms with van der Waals surface area (Å²) < 4.78 is 17.6. The van der Waals surface area contributed by atoms with Crippen LogP contribution < -0.4 is 10.5 Å². The van der Waals surface area contributed by atoms with Crippen LogP contribution >= 0.6 is 0 Å². The molecule has 0 atom stereocenters. The fourth-order valence-corrected chi connectivity index (χ4v) is 3.46. The Morgan fingerprint density at radius 3 is 2.57 bits per heavy atom. The summed E-state index contributed by atoms with van der Waals surface area (Å²) in [5.74, 6) is 0.485. The van der Waals surface area contributed by atoms with Gasteiger partial charge in [0, 0.05) is 12.7 Å². The molecule has 35 heavy (non-hydrogen) atoms. The molecule has 0 spiro atoms. The average molecular weight is 473 g/mol. The first-order valence-corrected chi connectivity index (χ1v) is 10.7. The molecule has 3 heterocycles. The molecule has 0 bridgehead atoms. The number of para-hydroxylation sites is 1. The monoisotopic (exact) mass is 472 g/mol. The molecular formula is C24H24N8O3. The molecule has 11 heteroatoms. The van der Waals surface area contributed by atoms with Gasteiger partial charge in [-0.1, -0.05) is 17.3 Å². The highest BCUT2D eigenvalue weighted by atomic mass is 16.5. The quantitative estimate of drug-likeness (QED) is 0.341. The molecule has 11 nitrogen and oxygen atoms in total. The summed E-state index contributed by atoms with van der Waals surface area (Å²) in [5, 5.41) is 17.8. The van der Waals surface area contributed by atoms with Crippen molar-refractivity contribution in [3.63, 3.8) is 0 Å². The molecule has 0 amide bonds. The van der Waals surface area contributed by atoms with Crippen molar-refractivity contribution in [3.05, 3.63) is 65.6 Å². The maximum atomic E-state index is 9.39. The van der Waals surface area contributed by atoms with Crippen molar-refractivity contribution in [1.29, 1.82) is 5.26 Å². The van der Waals surface area contributed by atoms with E-state index in [9.17, 15) is 5.26 Å². The number of anilines is 1. The van der Waals surface area contributed by atoms with Gasteiger partial charge in [0.05, 0.1) is 68.0 Å². The van der Waals surface area contributed by atoms with E-state index in [-0.39, 0.29) is 5.95 Å². The van der Waals surface area contributed by atoms with Gasteiger partial charge >= 0.3 is 0 Å². The molecule has 0 fully saturated rings. The number of hydrogen-bond donors (Lipinski definition) is 1. The van der Waals surface area contributed by atoms with Crippen LogP contribution in [0.4, 0.5) is 5.95 Å². The van der Waals surface area contributed by atoms with Gasteiger partial charge in [0.15, 0.2) is 0 Å². The van der Waals surface area contributed by atoms with Gasteiger partial charge in [-0.25, -0.2) is 14.6 Å². The highest BCUT2D eigenvalue weighted by Crippen LogP contribution is 2.33. The Morgan fingerprint density at radius 1 is 0.971 bits per heavy atom. The number of nitrogen functional groups attached to an aromatic ring is 1. The molecule has 0 saturated carbocycles. The van der Waals surface area contributed by atoms with E-state index in [1.165, 1.54) is 7.11 Å². The number of hydrogen-bond acceptors (Lipinski definition) is 10. The van der Waals surface area contributed by atoms with Crippen LogP contribution in [0.3, 0.4) is 0 Å². The number of nitriles is 1. The molecule has 0 aliphatic rings. The third-order valence-electron chi connectivity index (χ3n) is 5.03. The lowest BCUT2D eigenvalue weighted by atomic mass is 10.1. The van der Waals surface area contributed by atoms with Crippen molar-refractivity contribution in [2.75, 3.05) is 33.2 Å². The third kappa shape index (κ3) is 5.75. The van der Waals surface area contributed by atoms with Crippen molar-refractivity contribution in [2.24, 2.45) is 0 Å². The van der Waals surface area contributed by atoms with E-state index >= 15 is 0 Å². The standard InChI is InChI=1S/C24H24N8O3/c1-33-9-10-35-15-18-7-4-6-17(27-18)13-32-14-22(30-31-32)21-11-20(28-24(26)29-21)19-8-3-5-16(12-25)23(19)34-2/h3-8,11,14H,9-10,13,15H2,1-2H3,(H2,26,28,29). The minimum Gasteiger partial charge on any atom is -0.495 e. The lowest BCUT2D eigenvalue weighted by Gasteiger charge is -2.10. The molecule has 4 rings (SSSR count). The van der Waals surface area contributed by atoms with Crippen LogP contribution in [-0.2, 0) is 22.6 Å². The van der Waals surface area contributed by atoms with Crippen LogP contribution in [0, 0.1) is 11.3 Å². The minimum absolute atomic E-state index is 0.0688. The second-order valence-electron chi connectivity index (χ2n) is 7.46. The first-order chi connectivity index (χ1) is 17.1. The molecule has 0 aliphatic heterocycles. The number of pyridine rings is 1. The van der Waals surface area contributed by atoms with Gasteiger partial charge in [0.1, 0.15) is 17.5 Å². The number of nitrogens with two attached hydrogens (primary N) is 1. The van der Waals surface area contributed by atoms with E-state index in [1.54, 1.807) is 42.3 Å². The van der Waals surface area contributed by atoms with Crippen molar-refractivity contribution in [2.45, 2.75) is 13.2 Å². The first kappa shape index (κ1) is 23.7. The summed E-state index contributed by atoms with van der Waals surface area (Å²) in [7, 11) is 3.14. The molecule has 0 saturated heterocycles. The topological polar surface area (TPSA) is 147 Å². The molecule has 3 aromatic heterocycles. The van der Waals surface area contributed by atoms with Gasteiger partial charge in [-0.05, 0) is 30.3 Å². The Hall–Kier alpha value is -4.40. The summed E-state index contributed by atoms with van der Waals surface area (Å²) >= 11 is 0. The molecule has 178 valence electrons. The second kappa shape index (κ2) is 11.1. The largest absolute Gasteiger partial charge is 0.495 e. The predicted octanol–water partition coefficient (Wildman–Crippen LogP) is 2.47. The molecule has 4 aromatic rings. The predicted molar refractivity (Wildman–Crippen MR) is 127 cm³/mol. The fraction of sp³-hybridized carbons (Fsp3) is 0.250. The Balaban J connectivity index is 1.55. The lowest BCUT2D eigenvalue weighted by molar-refractivity contribution is 0.0601. The molecule has 0 aliphatic carbocycles. The van der Waals surface area contributed by atoms with E-state index in [1.807, 2.05) is 18.2 Å². The molecule has 0 radical (unpaired) electrons. The van der Waals surface area contributed by atoms with Crippen molar-refractivity contribution in [1.82, 2.24) is 29.9 Å². The van der Waals surface area contributed by atoms with Gasteiger partial charge in [0.25, 0.3) is 0 Å². The Labute approximate surface area is 202 Å². The Bertz CT molecular complexity index is 1350. The van der Waals surface area contributed by atoms with Crippen molar-refractivity contribution in [3.8, 4) is 34.5 Å². The number of methoxy groups -OCH3 is 2. The number of nitrogens with zero attached hydrogens (tertiary/aromatic N) is 7. The van der Waals surface area contributed by atoms with Gasteiger partial charge in [-0.3, -0.25) is 4.98 Å². The normalized spacial score (nSPS) is 10.8. The van der Waals surface area contributed by atoms with Crippen LogP contribution in [0.2, 0.25) is 0 Å². The zero-order valence-electron chi connectivity index (χ0n) is 19.4. The molecule has 0 unspecified atom stereocenters. The summed E-state index contributed by atoms with van der Waals surface area (Å²) in [6.07, 6.45) is 1.76. The van der Waals surface area contributed by atoms with E-state index in [2.05, 4.69) is 31.3 Å². The van der Waals surface area contributed by atoms with Gasteiger partial charge in [-0.2, -0.15) is 5.26 Å². The molecule has 1 aromatic carbocycles. The van der Waals surface area contributed by atoms with E-state index in [0.717, 1.165) is 11.4 Å². The minimum atomic E-state index is 0.0688. The van der Waals surface area contributed by atoms with E-state index in [0.29, 0.717) is 60.3 Å². The Morgan fingerprint density at radius 2 is 1.77 bits per heavy atom. The van der Waals surface area contributed by atoms with Crippen LogP contribution in [0.15, 0.2) is 48.7 Å². The highest BCUT2D eigenvalue weighted by molar-refractivity contribution is 5.74. The maximum Gasteiger partial charge on any atom is 0.221 e. The van der Waals surface area contributed by atoms with Gasteiger partial charge < -0.3 is 19.9 Å². The zero-order chi connectivity index (χ0) is 24.6. The summed E-state index contributed by atoms with van der Waals surface area (Å²) in [5.41, 5.74) is 10.2. The fourth-order valence-electron chi connectivity index (χ4n) is 3.46. The zero-order valence-corrected chi connectivity index (χ0v) is 19.4. The van der Waals surface area contributed by atoms with Gasteiger partial charge in [-0.15, -0.1) is 5.10 Å². The molecular weight excluding hydrogens is 448 g/mol. The number of aromatic nitrogens is 6. The van der Waals surface area contributed by atoms with Crippen LogP contribution in [-0.4, -0.2) is 57.4 Å². The maximum absolute atomic E-state index is 9.39.